The standard InChI is InChI=1S/C29H29NO3/c1-21-18-27(22(2)30(21)19-23-10-6-4-7-11-23)28(25-14-16-26(32-3)17-15-25)29(31)33-20-24-12-8-5-9-13-24/h4-18,28H,19-20H2,1-3H3/t28-/m1/s1. The largest absolute Gasteiger partial charge is 0.497 e. The number of carbonyl (C=O) groups excluding carboxylic acids is 1. The molecule has 0 aliphatic heterocycles. The highest BCUT2D eigenvalue weighted by atomic mass is 16.5. The summed E-state index contributed by atoms with van der Waals surface area (Å²) in [6, 6.07) is 29.9. The first-order valence-electron chi connectivity index (χ1n) is 11.1. The summed E-state index contributed by atoms with van der Waals surface area (Å²) in [7, 11) is 1.64. The number of hydrogen-bond donors (Lipinski definition) is 0. The number of rotatable bonds is 8. The van der Waals surface area contributed by atoms with Gasteiger partial charge in [-0.2, -0.15) is 0 Å². The quantitative estimate of drug-likeness (QED) is 0.314. The molecule has 4 nitrogen and oxygen atoms in total. The van der Waals surface area contributed by atoms with Crippen LogP contribution in [-0.4, -0.2) is 17.6 Å². The average Bonchev–Trinajstić information content (AvgIpc) is 3.12. The van der Waals surface area contributed by atoms with Crippen molar-refractivity contribution in [3.63, 3.8) is 0 Å². The molecule has 168 valence electrons. The fraction of sp³-hybridized carbons (Fsp3) is 0.207. The van der Waals surface area contributed by atoms with Gasteiger partial charge in [0, 0.05) is 17.9 Å². The van der Waals surface area contributed by atoms with Crippen LogP contribution in [0.3, 0.4) is 0 Å². The van der Waals surface area contributed by atoms with Gasteiger partial charge in [-0.25, -0.2) is 0 Å². The van der Waals surface area contributed by atoms with Crippen molar-refractivity contribution in [1.82, 2.24) is 4.57 Å². The molecule has 0 N–H and O–H groups in total. The number of nitrogens with zero attached hydrogens (tertiary/aromatic N) is 1. The first kappa shape index (κ1) is 22.4. The zero-order valence-corrected chi connectivity index (χ0v) is 19.3. The summed E-state index contributed by atoms with van der Waals surface area (Å²) in [5.74, 6) is -0.0241. The molecule has 4 aromatic rings. The van der Waals surface area contributed by atoms with E-state index >= 15 is 0 Å². The fourth-order valence-corrected chi connectivity index (χ4v) is 4.18. The third-order valence-corrected chi connectivity index (χ3v) is 6.02. The molecule has 0 aliphatic rings. The number of methoxy groups -OCH3 is 1. The van der Waals surface area contributed by atoms with E-state index in [1.165, 1.54) is 5.56 Å². The third kappa shape index (κ3) is 5.17. The van der Waals surface area contributed by atoms with Gasteiger partial charge in [0.15, 0.2) is 0 Å². The molecule has 1 heterocycles. The number of hydrogen-bond acceptors (Lipinski definition) is 3. The highest BCUT2D eigenvalue weighted by Crippen LogP contribution is 2.32. The summed E-state index contributed by atoms with van der Waals surface area (Å²) < 4.78 is 13.4. The summed E-state index contributed by atoms with van der Waals surface area (Å²) in [6.45, 7) is 5.16. The number of aromatic nitrogens is 1. The van der Waals surface area contributed by atoms with E-state index in [-0.39, 0.29) is 12.6 Å². The average molecular weight is 440 g/mol. The lowest BCUT2D eigenvalue weighted by molar-refractivity contribution is -0.145. The van der Waals surface area contributed by atoms with Crippen LogP contribution in [0.4, 0.5) is 0 Å². The summed E-state index contributed by atoms with van der Waals surface area (Å²) in [5.41, 5.74) is 6.21. The van der Waals surface area contributed by atoms with Gasteiger partial charge in [0.2, 0.25) is 0 Å². The normalized spacial score (nSPS) is 11.7. The Morgan fingerprint density at radius 3 is 2.06 bits per heavy atom. The molecule has 0 saturated heterocycles. The first-order valence-corrected chi connectivity index (χ1v) is 11.1. The summed E-state index contributed by atoms with van der Waals surface area (Å²) in [4.78, 5) is 13.4. The number of aryl methyl sites for hydroxylation is 1. The molecule has 1 aromatic heterocycles. The lowest BCUT2D eigenvalue weighted by Gasteiger charge is -2.18. The van der Waals surface area contributed by atoms with Gasteiger partial charge in [-0.1, -0.05) is 72.8 Å². The molecule has 4 rings (SSSR count). The van der Waals surface area contributed by atoms with Crippen LogP contribution < -0.4 is 4.74 Å². The van der Waals surface area contributed by atoms with Crippen LogP contribution in [0, 0.1) is 13.8 Å². The van der Waals surface area contributed by atoms with Crippen molar-refractivity contribution in [3.8, 4) is 5.75 Å². The van der Waals surface area contributed by atoms with Gasteiger partial charge in [0.05, 0.1) is 7.11 Å². The number of benzene rings is 3. The van der Waals surface area contributed by atoms with Gasteiger partial charge in [-0.3, -0.25) is 4.79 Å². The Hall–Kier alpha value is -3.79. The molecule has 0 fully saturated rings. The zero-order chi connectivity index (χ0) is 23.2. The van der Waals surface area contributed by atoms with E-state index in [1.807, 2.05) is 72.8 Å². The van der Waals surface area contributed by atoms with Crippen LogP contribution in [0.15, 0.2) is 91.0 Å². The minimum Gasteiger partial charge on any atom is -0.497 e. The topological polar surface area (TPSA) is 40.5 Å². The van der Waals surface area contributed by atoms with Gasteiger partial charge >= 0.3 is 5.97 Å². The monoisotopic (exact) mass is 439 g/mol. The van der Waals surface area contributed by atoms with Crippen LogP contribution in [0.5, 0.6) is 5.75 Å². The Kier molecular flexibility index (Phi) is 6.94. The van der Waals surface area contributed by atoms with Gasteiger partial charge in [0.25, 0.3) is 0 Å². The van der Waals surface area contributed by atoms with E-state index in [0.717, 1.165) is 40.4 Å². The maximum atomic E-state index is 13.4. The smallest absolute Gasteiger partial charge is 0.318 e. The maximum Gasteiger partial charge on any atom is 0.318 e. The Labute approximate surface area is 195 Å². The van der Waals surface area contributed by atoms with E-state index in [9.17, 15) is 4.79 Å². The molecule has 0 saturated carbocycles. The van der Waals surface area contributed by atoms with Gasteiger partial charge < -0.3 is 14.0 Å². The number of esters is 1. The zero-order valence-electron chi connectivity index (χ0n) is 19.3. The molecule has 3 aromatic carbocycles. The van der Waals surface area contributed by atoms with Crippen LogP contribution in [-0.2, 0) is 22.7 Å². The summed E-state index contributed by atoms with van der Waals surface area (Å²) in [5, 5.41) is 0. The minimum atomic E-state index is -0.518. The van der Waals surface area contributed by atoms with E-state index in [1.54, 1.807) is 7.11 Å². The molecule has 0 bridgehead atoms. The predicted molar refractivity (Wildman–Crippen MR) is 131 cm³/mol. The van der Waals surface area contributed by atoms with Gasteiger partial charge in [0.1, 0.15) is 18.3 Å². The predicted octanol–water partition coefficient (Wildman–Crippen LogP) is 6.04. The molecular formula is C29H29NO3. The van der Waals surface area contributed by atoms with Crippen LogP contribution in [0.2, 0.25) is 0 Å². The Morgan fingerprint density at radius 2 is 1.45 bits per heavy atom. The molecule has 0 radical (unpaired) electrons. The second-order valence-electron chi connectivity index (χ2n) is 8.20. The third-order valence-electron chi connectivity index (χ3n) is 6.02. The Morgan fingerprint density at radius 1 is 0.848 bits per heavy atom. The van der Waals surface area contributed by atoms with Gasteiger partial charge in [-0.05, 0) is 54.3 Å². The second kappa shape index (κ2) is 10.2. The molecule has 0 spiro atoms. The van der Waals surface area contributed by atoms with Crippen molar-refractivity contribution >= 4 is 5.97 Å². The highest BCUT2D eigenvalue weighted by Gasteiger charge is 2.28. The summed E-state index contributed by atoms with van der Waals surface area (Å²) >= 11 is 0. The van der Waals surface area contributed by atoms with Crippen molar-refractivity contribution in [2.24, 2.45) is 0 Å². The van der Waals surface area contributed by atoms with E-state index in [2.05, 4.69) is 36.6 Å². The van der Waals surface area contributed by atoms with Crippen LogP contribution in [0.1, 0.15) is 39.6 Å². The second-order valence-corrected chi connectivity index (χ2v) is 8.20. The van der Waals surface area contributed by atoms with E-state index < -0.39 is 5.92 Å². The van der Waals surface area contributed by atoms with Gasteiger partial charge in [-0.15, -0.1) is 0 Å². The van der Waals surface area contributed by atoms with E-state index in [4.69, 9.17) is 9.47 Å². The van der Waals surface area contributed by atoms with Crippen LogP contribution in [0.25, 0.3) is 0 Å². The van der Waals surface area contributed by atoms with Crippen molar-refractivity contribution in [2.45, 2.75) is 32.9 Å². The molecule has 33 heavy (non-hydrogen) atoms. The molecule has 1 atom stereocenters. The first-order chi connectivity index (χ1) is 16.1. The van der Waals surface area contributed by atoms with Crippen molar-refractivity contribution in [2.75, 3.05) is 7.11 Å². The SMILES string of the molecule is COc1ccc([C@@H](C(=O)OCc2ccccc2)c2cc(C)n(Cc3ccccc3)c2C)cc1. The molecule has 0 unspecified atom stereocenters. The Bertz CT molecular complexity index is 1200. The summed E-state index contributed by atoms with van der Waals surface area (Å²) in [6.07, 6.45) is 0. The number of ether oxygens (including phenoxy) is 2. The lowest BCUT2D eigenvalue weighted by atomic mass is 9.91. The maximum absolute atomic E-state index is 13.4. The van der Waals surface area contributed by atoms with Crippen molar-refractivity contribution < 1.29 is 14.3 Å². The molecular weight excluding hydrogens is 410 g/mol. The molecule has 4 heteroatoms. The molecule has 0 aliphatic carbocycles. The molecule has 0 amide bonds. The van der Waals surface area contributed by atoms with Crippen molar-refractivity contribution in [1.29, 1.82) is 0 Å². The van der Waals surface area contributed by atoms with Crippen LogP contribution >= 0.6 is 0 Å². The Balaban J connectivity index is 1.68. The van der Waals surface area contributed by atoms with E-state index in [0.29, 0.717) is 0 Å². The number of carbonyl (C=O) groups is 1. The van der Waals surface area contributed by atoms with Crippen molar-refractivity contribution in [3.05, 3.63) is 125 Å². The minimum absolute atomic E-state index is 0.245. The lowest BCUT2D eigenvalue weighted by Crippen LogP contribution is -2.18. The fourth-order valence-electron chi connectivity index (χ4n) is 4.18. The highest BCUT2D eigenvalue weighted by molar-refractivity contribution is 5.83.